The van der Waals surface area contributed by atoms with Crippen LogP contribution in [-0.2, 0) is 0 Å². The van der Waals surface area contributed by atoms with E-state index in [0.29, 0.717) is 5.41 Å². The molecule has 1 fully saturated rings. The zero-order valence-corrected chi connectivity index (χ0v) is 8.55. The summed E-state index contributed by atoms with van der Waals surface area (Å²) in [5.74, 6) is 0. The molecular formula is C11H20N2. The monoisotopic (exact) mass is 180 g/mol. The van der Waals surface area contributed by atoms with Gasteiger partial charge in [-0.2, -0.15) is 0 Å². The van der Waals surface area contributed by atoms with E-state index in [0.717, 1.165) is 6.54 Å². The Bertz CT molecular complexity index is 192. The Morgan fingerprint density at radius 1 is 1.46 bits per heavy atom. The largest absolute Gasteiger partial charge is 0.316 e. The van der Waals surface area contributed by atoms with Crippen molar-refractivity contribution in [2.45, 2.75) is 19.8 Å². The molecule has 13 heavy (non-hydrogen) atoms. The maximum atomic E-state index is 3.46. The highest BCUT2D eigenvalue weighted by molar-refractivity contribution is 4.94. The number of nitrogens with one attached hydrogen (secondary N) is 1. The third kappa shape index (κ3) is 2.32. The molecule has 0 amide bonds. The van der Waals surface area contributed by atoms with Crippen molar-refractivity contribution >= 4 is 0 Å². The molecule has 1 saturated heterocycles. The second kappa shape index (κ2) is 3.81. The van der Waals surface area contributed by atoms with Gasteiger partial charge in [-0.05, 0) is 24.8 Å². The summed E-state index contributed by atoms with van der Waals surface area (Å²) in [5, 5.41) is 3.46. The molecule has 1 atom stereocenters. The summed E-state index contributed by atoms with van der Waals surface area (Å²) in [4.78, 5) is 2.58. The molecule has 0 aliphatic carbocycles. The van der Waals surface area contributed by atoms with Crippen molar-refractivity contribution in [1.82, 2.24) is 10.2 Å². The van der Waals surface area contributed by atoms with Gasteiger partial charge >= 0.3 is 0 Å². The molecule has 0 saturated carbocycles. The van der Waals surface area contributed by atoms with Crippen LogP contribution in [0.15, 0.2) is 12.2 Å². The number of nitrogens with zero attached hydrogens (tertiary/aromatic N) is 1. The zero-order valence-electron chi connectivity index (χ0n) is 8.55. The van der Waals surface area contributed by atoms with E-state index in [9.17, 15) is 0 Å². The van der Waals surface area contributed by atoms with Crippen LogP contribution >= 0.6 is 0 Å². The summed E-state index contributed by atoms with van der Waals surface area (Å²) in [6, 6.07) is 0. The van der Waals surface area contributed by atoms with Crippen molar-refractivity contribution in [1.29, 1.82) is 0 Å². The predicted molar refractivity (Wildman–Crippen MR) is 55.8 cm³/mol. The van der Waals surface area contributed by atoms with Gasteiger partial charge in [-0.15, -0.1) is 0 Å². The molecule has 0 aromatic carbocycles. The predicted octanol–water partition coefficient (Wildman–Crippen LogP) is 1.25. The third-order valence-electron chi connectivity index (χ3n) is 3.20. The molecule has 1 N–H and O–H groups in total. The Labute approximate surface area is 81.0 Å². The van der Waals surface area contributed by atoms with Gasteiger partial charge in [0.25, 0.3) is 0 Å². The quantitative estimate of drug-likeness (QED) is 0.643. The highest BCUT2D eigenvalue weighted by Crippen LogP contribution is 2.26. The maximum Gasteiger partial charge on any atom is 0.0163 e. The standard InChI is InChI=1S/C11H20N2/c1-11(5-6-12-9-11)10-13-7-3-2-4-8-13/h2-3,12H,4-10H2,1H3. The lowest BCUT2D eigenvalue weighted by molar-refractivity contribution is 0.190. The average molecular weight is 180 g/mol. The summed E-state index contributed by atoms with van der Waals surface area (Å²) in [6.45, 7) is 8.50. The van der Waals surface area contributed by atoms with Crippen LogP contribution in [0.1, 0.15) is 19.8 Å². The van der Waals surface area contributed by atoms with Crippen molar-refractivity contribution in [3.05, 3.63) is 12.2 Å². The Morgan fingerprint density at radius 3 is 3.00 bits per heavy atom. The number of hydrogen-bond donors (Lipinski definition) is 1. The average Bonchev–Trinajstić information content (AvgIpc) is 2.54. The van der Waals surface area contributed by atoms with Crippen molar-refractivity contribution in [3.63, 3.8) is 0 Å². The molecule has 0 radical (unpaired) electrons. The first kappa shape index (κ1) is 9.22. The molecule has 0 spiro atoms. The van der Waals surface area contributed by atoms with E-state index in [1.807, 2.05) is 0 Å². The summed E-state index contributed by atoms with van der Waals surface area (Å²) in [5.41, 5.74) is 0.533. The molecule has 2 rings (SSSR count). The van der Waals surface area contributed by atoms with E-state index < -0.39 is 0 Å². The fraction of sp³-hybridized carbons (Fsp3) is 0.818. The highest BCUT2D eigenvalue weighted by atomic mass is 15.1. The molecule has 2 nitrogen and oxygen atoms in total. The Balaban J connectivity index is 1.85. The van der Waals surface area contributed by atoms with Gasteiger partial charge in [-0.1, -0.05) is 19.1 Å². The van der Waals surface area contributed by atoms with Crippen LogP contribution in [0.4, 0.5) is 0 Å². The maximum absolute atomic E-state index is 3.46. The van der Waals surface area contributed by atoms with E-state index >= 15 is 0 Å². The van der Waals surface area contributed by atoms with E-state index in [-0.39, 0.29) is 0 Å². The van der Waals surface area contributed by atoms with Crippen molar-refractivity contribution in [2.75, 3.05) is 32.7 Å². The molecular weight excluding hydrogens is 160 g/mol. The van der Waals surface area contributed by atoms with E-state index in [4.69, 9.17) is 0 Å². The highest BCUT2D eigenvalue weighted by Gasteiger charge is 2.30. The fourth-order valence-electron chi connectivity index (χ4n) is 2.38. The first-order valence-electron chi connectivity index (χ1n) is 5.37. The van der Waals surface area contributed by atoms with Crippen molar-refractivity contribution in [3.8, 4) is 0 Å². The van der Waals surface area contributed by atoms with E-state index in [1.54, 1.807) is 0 Å². The second-order valence-corrected chi connectivity index (χ2v) is 4.73. The first-order chi connectivity index (χ1) is 6.29. The molecule has 2 aliphatic rings. The summed E-state index contributed by atoms with van der Waals surface area (Å²) < 4.78 is 0. The third-order valence-corrected chi connectivity index (χ3v) is 3.20. The fourth-order valence-corrected chi connectivity index (χ4v) is 2.38. The smallest absolute Gasteiger partial charge is 0.0163 e. The number of rotatable bonds is 2. The van der Waals surface area contributed by atoms with Crippen LogP contribution in [0, 0.1) is 5.41 Å². The van der Waals surface area contributed by atoms with Crippen LogP contribution in [0.25, 0.3) is 0 Å². The minimum Gasteiger partial charge on any atom is -0.316 e. The first-order valence-corrected chi connectivity index (χ1v) is 5.37. The van der Waals surface area contributed by atoms with Crippen LogP contribution in [0.2, 0.25) is 0 Å². The van der Waals surface area contributed by atoms with E-state index in [2.05, 4.69) is 29.3 Å². The Kier molecular flexibility index (Phi) is 2.70. The lowest BCUT2D eigenvalue weighted by Gasteiger charge is -2.32. The van der Waals surface area contributed by atoms with Gasteiger partial charge in [0.1, 0.15) is 0 Å². The minimum atomic E-state index is 0.533. The van der Waals surface area contributed by atoms with E-state index in [1.165, 1.54) is 39.0 Å². The molecule has 74 valence electrons. The topological polar surface area (TPSA) is 15.3 Å². The molecule has 1 unspecified atom stereocenters. The molecule has 2 heterocycles. The van der Waals surface area contributed by atoms with Gasteiger partial charge in [-0.25, -0.2) is 0 Å². The molecule has 0 aromatic heterocycles. The lowest BCUT2D eigenvalue weighted by atomic mass is 9.89. The van der Waals surface area contributed by atoms with Gasteiger partial charge in [0, 0.05) is 26.2 Å². The molecule has 0 aromatic rings. The van der Waals surface area contributed by atoms with Gasteiger partial charge < -0.3 is 5.32 Å². The van der Waals surface area contributed by atoms with Crippen LogP contribution in [0.3, 0.4) is 0 Å². The second-order valence-electron chi connectivity index (χ2n) is 4.73. The van der Waals surface area contributed by atoms with Crippen LogP contribution < -0.4 is 5.32 Å². The van der Waals surface area contributed by atoms with Gasteiger partial charge in [0.2, 0.25) is 0 Å². The molecule has 2 aliphatic heterocycles. The van der Waals surface area contributed by atoms with Gasteiger partial charge in [0.15, 0.2) is 0 Å². The molecule has 0 bridgehead atoms. The van der Waals surface area contributed by atoms with Crippen molar-refractivity contribution < 1.29 is 0 Å². The molecule has 2 heteroatoms. The van der Waals surface area contributed by atoms with Crippen LogP contribution in [0.5, 0.6) is 0 Å². The van der Waals surface area contributed by atoms with Crippen molar-refractivity contribution in [2.24, 2.45) is 5.41 Å². The van der Waals surface area contributed by atoms with Crippen LogP contribution in [-0.4, -0.2) is 37.6 Å². The minimum absolute atomic E-state index is 0.533. The number of hydrogen-bond acceptors (Lipinski definition) is 2. The lowest BCUT2D eigenvalue weighted by Crippen LogP contribution is -2.39. The summed E-state index contributed by atoms with van der Waals surface area (Å²) in [7, 11) is 0. The SMILES string of the molecule is CC1(CN2CC=CCC2)CCNC1. The normalized spacial score (nSPS) is 35.5. The summed E-state index contributed by atoms with van der Waals surface area (Å²) >= 11 is 0. The summed E-state index contributed by atoms with van der Waals surface area (Å²) in [6.07, 6.45) is 7.18. The van der Waals surface area contributed by atoms with Gasteiger partial charge in [-0.3, -0.25) is 4.90 Å². The van der Waals surface area contributed by atoms with Gasteiger partial charge in [0.05, 0.1) is 0 Å². The Morgan fingerprint density at radius 2 is 2.38 bits per heavy atom. The zero-order chi connectivity index (χ0) is 9.15. The Hall–Kier alpha value is -0.340.